The third kappa shape index (κ3) is 4.57. The molecule has 2 rings (SSSR count). The number of amides is 1. The van der Waals surface area contributed by atoms with Gasteiger partial charge in [0.15, 0.2) is 0 Å². The van der Waals surface area contributed by atoms with Crippen LogP contribution in [0.4, 0.5) is 10.5 Å². The van der Waals surface area contributed by atoms with E-state index in [0.29, 0.717) is 18.3 Å². The summed E-state index contributed by atoms with van der Waals surface area (Å²) in [6.45, 7) is 12.6. The van der Waals surface area contributed by atoms with E-state index in [0.717, 1.165) is 27.9 Å². The fourth-order valence-electron chi connectivity index (χ4n) is 2.79. The lowest BCUT2D eigenvalue weighted by atomic mass is 9.77. The first-order valence-corrected chi connectivity index (χ1v) is 8.96. The molecule has 0 saturated carbocycles. The summed E-state index contributed by atoms with van der Waals surface area (Å²) in [6.07, 6.45) is -0.428. The highest BCUT2D eigenvalue weighted by Gasteiger charge is 2.24. The quantitative estimate of drug-likeness (QED) is 0.740. The average molecular weight is 355 g/mol. The minimum atomic E-state index is -0.428. The zero-order valence-corrected chi connectivity index (χ0v) is 16.5. The molecule has 2 N–H and O–H groups in total. The summed E-state index contributed by atoms with van der Waals surface area (Å²) in [5, 5.41) is 12.6. The van der Waals surface area contributed by atoms with Crippen molar-refractivity contribution in [3.8, 4) is 5.75 Å². The summed E-state index contributed by atoms with van der Waals surface area (Å²) in [4.78, 5) is 11.9. The van der Waals surface area contributed by atoms with E-state index in [-0.39, 0.29) is 5.41 Å². The topological polar surface area (TPSA) is 58.6 Å². The molecule has 2 aromatic rings. The van der Waals surface area contributed by atoms with Crippen molar-refractivity contribution in [2.75, 3.05) is 11.9 Å². The molecule has 26 heavy (non-hydrogen) atoms. The van der Waals surface area contributed by atoms with Gasteiger partial charge in [0.25, 0.3) is 0 Å². The molecule has 4 heteroatoms. The van der Waals surface area contributed by atoms with Crippen molar-refractivity contribution >= 4 is 11.8 Å². The van der Waals surface area contributed by atoms with Crippen molar-refractivity contribution in [1.29, 1.82) is 0 Å². The van der Waals surface area contributed by atoms with E-state index >= 15 is 0 Å². The number of anilines is 1. The molecule has 2 aromatic carbocycles. The van der Waals surface area contributed by atoms with Crippen LogP contribution in [0.2, 0.25) is 0 Å². The lowest BCUT2D eigenvalue weighted by Gasteiger charge is -2.27. The summed E-state index contributed by atoms with van der Waals surface area (Å²) < 4.78 is 5.18. The van der Waals surface area contributed by atoms with Crippen LogP contribution < -0.4 is 5.32 Å². The van der Waals surface area contributed by atoms with Gasteiger partial charge in [-0.25, -0.2) is 4.79 Å². The largest absolute Gasteiger partial charge is 0.508 e. The first kappa shape index (κ1) is 19.8. The Labute approximate surface area is 156 Å². The van der Waals surface area contributed by atoms with Crippen LogP contribution in [-0.2, 0) is 10.2 Å². The van der Waals surface area contributed by atoms with E-state index in [1.807, 2.05) is 52.0 Å². The zero-order valence-electron chi connectivity index (χ0n) is 16.5. The first-order valence-electron chi connectivity index (χ1n) is 8.96. The summed E-state index contributed by atoms with van der Waals surface area (Å²) >= 11 is 0. The van der Waals surface area contributed by atoms with Crippen LogP contribution in [-0.4, -0.2) is 17.8 Å². The SMILES string of the molecule is Cc1cc(C(C)(C)c2ccc(NC(=O)OCC(C)C)c(C)c2)ccc1O. The maximum atomic E-state index is 11.9. The maximum Gasteiger partial charge on any atom is 0.411 e. The van der Waals surface area contributed by atoms with Crippen LogP contribution >= 0.6 is 0 Å². The molecule has 4 nitrogen and oxygen atoms in total. The standard InChI is InChI=1S/C22H29NO3/c1-14(2)13-26-21(25)23-19-9-7-17(11-15(19)3)22(5,6)18-8-10-20(24)16(4)12-18/h7-12,14,24H,13H2,1-6H3,(H,23,25). The predicted octanol–water partition coefficient (Wildman–Crippen LogP) is 5.54. The molecule has 0 saturated heterocycles. The van der Waals surface area contributed by atoms with Crippen LogP contribution in [0.3, 0.4) is 0 Å². The summed E-state index contributed by atoms with van der Waals surface area (Å²) in [7, 11) is 0. The van der Waals surface area contributed by atoms with E-state index in [9.17, 15) is 9.90 Å². The number of carbonyl (C=O) groups excluding carboxylic acids is 1. The highest BCUT2D eigenvalue weighted by molar-refractivity contribution is 5.85. The fourth-order valence-corrected chi connectivity index (χ4v) is 2.79. The van der Waals surface area contributed by atoms with Crippen molar-refractivity contribution in [3.05, 3.63) is 58.7 Å². The molecule has 0 bridgehead atoms. The third-order valence-electron chi connectivity index (χ3n) is 4.65. The smallest absolute Gasteiger partial charge is 0.411 e. The Hall–Kier alpha value is -2.49. The molecule has 0 heterocycles. The third-order valence-corrected chi connectivity index (χ3v) is 4.65. The Morgan fingerprint density at radius 3 is 2.19 bits per heavy atom. The van der Waals surface area contributed by atoms with E-state index in [4.69, 9.17) is 4.74 Å². The maximum absolute atomic E-state index is 11.9. The van der Waals surface area contributed by atoms with E-state index in [1.54, 1.807) is 6.07 Å². The molecule has 0 radical (unpaired) electrons. The van der Waals surface area contributed by atoms with E-state index < -0.39 is 6.09 Å². The predicted molar refractivity (Wildman–Crippen MR) is 106 cm³/mol. The highest BCUT2D eigenvalue weighted by atomic mass is 16.5. The van der Waals surface area contributed by atoms with Gasteiger partial charge in [-0.2, -0.15) is 0 Å². The normalized spacial score (nSPS) is 11.5. The number of phenols is 1. The number of nitrogens with one attached hydrogen (secondary N) is 1. The van der Waals surface area contributed by atoms with Crippen molar-refractivity contribution in [2.45, 2.75) is 47.0 Å². The molecule has 0 aliphatic rings. The molecule has 0 atom stereocenters. The van der Waals surface area contributed by atoms with Crippen molar-refractivity contribution in [3.63, 3.8) is 0 Å². The number of aryl methyl sites for hydroxylation is 2. The Balaban J connectivity index is 2.22. The second-order valence-electron chi connectivity index (χ2n) is 7.77. The van der Waals surface area contributed by atoms with Gasteiger partial charge in [-0.05, 0) is 54.2 Å². The molecular formula is C22H29NO3. The van der Waals surface area contributed by atoms with Gasteiger partial charge in [-0.15, -0.1) is 0 Å². The van der Waals surface area contributed by atoms with Crippen LogP contribution in [0.1, 0.15) is 49.9 Å². The number of phenolic OH excluding ortho intramolecular Hbond substituents is 1. The number of rotatable bonds is 5. The second-order valence-corrected chi connectivity index (χ2v) is 7.77. The van der Waals surface area contributed by atoms with Crippen LogP contribution in [0.15, 0.2) is 36.4 Å². The molecule has 1 amide bonds. The van der Waals surface area contributed by atoms with Crippen LogP contribution in [0.25, 0.3) is 0 Å². The highest BCUT2D eigenvalue weighted by Crippen LogP contribution is 2.35. The van der Waals surface area contributed by atoms with Gasteiger partial charge in [0, 0.05) is 11.1 Å². The van der Waals surface area contributed by atoms with Crippen molar-refractivity contribution in [2.24, 2.45) is 5.92 Å². The van der Waals surface area contributed by atoms with Gasteiger partial charge < -0.3 is 9.84 Å². The molecule has 0 fully saturated rings. The molecule has 0 aromatic heterocycles. The Morgan fingerprint density at radius 2 is 1.65 bits per heavy atom. The molecule has 0 unspecified atom stereocenters. The monoisotopic (exact) mass is 355 g/mol. The van der Waals surface area contributed by atoms with E-state index in [2.05, 4.69) is 25.2 Å². The van der Waals surface area contributed by atoms with Gasteiger partial charge in [0.2, 0.25) is 0 Å². The van der Waals surface area contributed by atoms with Crippen molar-refractivity contribution < 1.29 is 14.6 Å². The van der Waals surface area contributed by atoms with Crippen LogP contribution in [0.5, 0.6) is 5.75 Å². The number of ether oxygens (including phenoxy) is 1. The van der Waals surface area contributed by atoms with Gasteiger partial charge in [0.1, 0.15) is 5.75 Å². The number of hydrogen-bond acceptors (Lipinski definition) is 3. The Kier molecular flexibility index (Phi) is 5.96. The first-order chi connectivity index (χ1) is 12.1. The van der Waals surface area contributed by atoms with Crippen LogP contribution in [0, 0.1) is 19.8 Å². The number of hydrogen-bond donors (Lipinski definition) is 2. The number of benzene rings is 2. The average Bonchev–Trinajstić information content (AvgIpc) is 2.57. The van der Waals surface area contributed by atoms with Gasteiger partial charge in [-0.3, -0.25) is 5.32 Å². The summed E-state index contributed by atoms with van der Waals surface area (Å²) in [5.74, 6) is 0.610. The number of aromatic hydroxyl groups is 1. The molecule has 0 spiro atoms. The second kappa shape index (κ2) is 7.81. The molecule has 140 valence electrons. The zero-order chi connectivity index (χ0) is 19.5. The summed E-state index contributed by atoms with van der Waals surface area (Å²) in [6, 6.07) is 11.7. The van der Waals surface area contributed by atoms with Gasteiger partial charge in [0.05, 0.1) is 6.61 Å². The molecule has 0 aliphatic carbocycles. The van der Waals surface area contributed by atoms with Gasteiger partial charge >= 0.3 is 6.09 Å². The lowest BCUT2D eigenvalue weighted by molar-refractivity contribution is 0.147. The fraction of sp³-hybridized carbons (Fsp3) is 0.409. The molecule has 0 aliphatic heterocycles. The number of carbonyl (C=O) groups is 1. The van der Waals surface area contributed by atoms with Gasteiger partial charge in [-0.1, -0.05) is 52.0 Å². The minimum Gasteiger partial charge on any atom is -0.508 e. The van der Waals surface area contributed by atoms with Crippen molar-refractivity contribution in [1.82, 2.24) is 0 Å². The Morgan fingerprint density at radius 1 is 1.08 bits per heavy atom. The lowest BCUT2D eigenvalue weighted by Crippen LogP contribution is -2.20. The summed E-state index contributed by atoms with van der Waals surface area (Å²) in [5.41, 5.74) is 4.64. The Bertz CT molecular complexity index is 794. The molecular weight excluding hydrogens is 326 g/mol. The minimum absolute atomic E-state index is 0.222. The van der Waals surface area contributed by atoms with E-state index in [1.165, 1.54) is 0 Å².